The summed E-state index contributed by atoms with van der Waals surface area (Å²) in [6.07, 6.45) is 15.5. The number of hydrogen-bond donors (Lipinski definition) is 0. The highest BCUT2D eigenvalue weighted by molar-refractivity contribution is 5.30. The summed E-state index contributed by atoms with van der Waals surface area (Å²) in [5, 5.41) is 0. The lowest BCUT2D eigenvalue weighted by atomic mass is 9.72. The molecule has 4 unspecified atom stereocenters. The summed E-state index contributed by atoms with van der Waals surface area (Å²) >= 11 is 0. The molecule has 2 rings (SSSR count). The van der Waals surface area contributed by atoms with Crippen LogP contribution in [0, 0.1) is 0 Å². The first-order valence-electron chi connectivity index (χ1n) is 14.1. The zero-order valence-corrected chi connectivity index (χ0v) is 23.0. The summed E-state index contributed by atoms with van der Waals surface area (Å²) in [6, 6.07) is 21.7. The highest BCUT2D eigenvalue weighted by Gasteiger charge is 2.47. The van der Waals surface area contributed by atoms with Crippen molar-refractivity contribution in [2.75, 3.05) is 0 Å². The fourth-order valence-electron chi connectivity index (χ4n) is 5.86. The number of hydrogen-bond acceptors (Lipinski definition) is 1. The minimum atomic E-state index is -0.309. The Balaban J connectivity index is 2.64. The van der Waals surface area contributed by atoms with E-state index in [0.717, 1.165) is 25.7 Å². The maximum atomic E-state index is 7.69. The van der Waals surface area contributed by atoms with Crippen molar-refractivity contribution >= 4 is 0 Å². The highest BCUT2D eigenvalue weighted by atomic mass is 16.5. The van der Waals surface area contributed by atoms with E-state index in [1.165, 1.54) is 49.7 Å². The van der Waals surface area contributed by atoms with Gasteiger partial charge in [0, 0.05) is 11.8 Å². The summed E-state index contributed by atoms with van der Waals surface area (Å²) in [5.74, 6) is 0.285. The number of rotatable bonds is 18. The molecule has 0 bridgehead atoms. The van der Waals surface area contributed by atoms with E-state index < -0.39 is 0 Å². The van der Waals surface area contributed by atoms with E-state index in [9.17, 15) is 0 Å². The lowest BCUT2D eigenvalue weighted by Gasteiger charge is -2.50. The molecule has 0 radical (unpaired) electrons. The van der Waals surface area contributed by atoms with Crippen molar-refractivity contribution in [3.8, 4) is 0 Å². The van der Waals surface area contributed by atoms with E-state index in [1.807, 2.05) is 0 Å². The average Bonchev–Trinajstić information content (AvgIpc) is 2.90. The summed E-state index contributed by atoms with van der Waals surface area (Å²) in [4.78, 5) is 0. The topological polar surface area (TPSA) is 9.23 Å². The van der Waals surface area contributed by atoms with E-state index in [2.05, 4.69) is 114 Å². The van der Waals surface area contributed by atoms with Crippen molar-refractivity contribution in [3.05, 3.63) is 97.1 Å². The van der Waals surface area contributed by atoms with Crippen LogP contribution in [0.2, 0.25) is 0 Å². The van der Waals surface area contributed by atoms with Crippen LogP contribution < -0.4 is 0 Å². The SMILES string of the molecule is C=CC(c1ccccc1)C(CC)(CCCCC)OC(CC)(CCCCC)C(C=C)c1ccccc1. The molecule has 2 aromatic rings. The van der Waals surface area contributed by atoms with Gasteiger partial charge in [-0.25, -0.2) is 0 Å². The largest absolute Gasteiger partial charge is 0.367 e. The van der Waals surface area contributed by atoms with Crippen LogP contribution in [0.25, 0.3) is 0 Å². The maximum absolute atomic E-state index is 7.69. The molecule has 0 aromatic heterocycles. The first-order valence-corrected chi connectivity index (χ1v) is 14.1. The lowest BCUT2D eigenvalue weighted by molar-refractivity contribution is -0.182. The first-order chi connectivity index (χ1) is 17.1. The normalized spacial score (nSPS) is 16.6. The molecule has 2 aromatic carbocycles. The van der Waals surface area contributed by atoms with Gasteiger partial charge in [-0.15, -0.1) is 13.2 Å². The van der Waals surface area contributed by atoms with Gasteiger partial charge in [-0.1, -0.05) is 139 Å². The van der Waals surface area contributed by atoms with E-state index in [1.54, 1.807) is 0 Å². The molecule has 0 N–H and O–H groups in total. The van der Waals surface area contributed by atoms with Crippen molar-refractivity contribution < 1.29 is 4.74 Å². The molecular formula is C34H50O. The number of unbranched alkanes of at least 4 members (excludes halogenated alkanes) is 4. The van der Waals surface area contributed by atoms with Crippen molar-refractivity contribution in [2.24, 2.45) is 0 Å². The Morgan fingerprint density at radius 3 is 1.29 bits per heavy atom. The Kier molecular flexibility index (Phi) is 12.6. The summed E-state index contributed by atoms with van der Waals surface area (Å²) < 4.78 is 7.69. The van der Waals surface area contributed by atoms with Crippen LogP contribution in [0.1, 0.15) is 115 Å². The second-order valence-corrected chi connectivity index (χ2v) is 10.1. The molecule has 4 atom stereocenters. The van der Waals surface area contributed by atoms with Crippen molar-refractivity contribution in [1.82, 2.24) is 0 Å². The van der Waals surface area contributed by atoms with Gasteiger partial charge >= 0.3 is 0 Å². The van der Waals surface area contributed by atoms with Gasteiger partial charge in [0.1, 0.15) is 0 Å². The third-order valence-corrected chi connectivity index (χ3v) is 7.93. The smallest absolute Gasteiger partial charge is 0.0790 e. The third kappa shape index (κ3) is 7.43. The number of ether oxygens (including phenoxy) is 1. The Bertz CT molecular complexity index is 770. The van der Waals surface area contributed by atoms with Crippen LogP contribution in [-0.4, -0.2) is 11.2 Å². The monoisotopic (exact) mass is 474 g/mol. The third-order valence-electron chi connectivity index (χ3n) is 7.93. The van der Waals surface area contributed by atoms with Crippen LogP contribution in [-0.2, 0) is 4.74 Å². The van der Waals surface area contributed by atoms with E-state index in [4.69, 9.17) is 4.74 Å². The van der Waals surface area contributed by atoms with Crippen LogP contribution in [0.4, 0.5) is 0 Å². The van der Waals surface area contributed by atoms with Crippen LogP contribution in [0.3, 0.4) is 0 Å². The fraction of sp³-hybridized carbons (Fsp3) is 0.529. The van der Waals surface area contributed by atoms with E-state index >= 15 is 0 Å². The predicted molar refractivity (Wildman–Crippen MR) is 154 cm³/mol. The highest BCUT2D eigenvalue weighted by Crippen LogP contribution is 2.49. The molecule has 35 heavy (non-hydrogen) atoms. The molecular weight excluding hydrogens is 424 g/mol. The van der Waals surface area contributed by atoms with Crippen molar-refractivity contribution in [2.45, 2.75) is 115 Å². The van der Waals surface area contributed by atoms with Gasteiger partial charge < -0.3 is 4.74 Å². The van der Waals surface area contributed by atoms with Crippen molar-refractivity contribution in [1.29, 1.82) is 0 Å². The first kappa shape index (κ1) is 29.1. The Morgan fingerprint density at radius 2 is 1.00 bits per heavy atom. The van der Waals surface area contributed by atoms with Gasteiger partial charge in [-0.3, -0.25) is 0 Å². The zero-order chi connectivity index (χ0) is 25.6. The molecule has 0 saturated heterocycles. The Morgan fingerprint density at radius 1 is 0.629 bits per heavy atom. The molecule has 0 aliphatic heterocycles. The summed E-state index contributed by atoms with van der Waals surface area (Å²) in [7, 11) is 0. The lowest BCUT2D eigenvalue weighted by Crippen LogP contribution is -2.50. The van der Waals surface area contributed by atoms with Gasteiger partial charge in [0.25, 0.3) is 0 Å². The Hall–Kier alpha value is -2.12. The van der Waals surface area contributed by atoms with Gasteiger partial charge in [0.05, 0.1) is 11.2 Å². The van der Waals surface area contributed by atoms with E-state index in [-0.39, 0.29) is 23.0 Å². The minimum absolute atomic E-state index is 0.142. The van der Waals surface area contributed by atoms with Gasteiger partial charge in [0.2, 0.25) is 0 Å². The van der Waals surface area contributed by atoms with Gasteiger partial charge in [-0.05, 0) is 36.8 Å². The minimum Gasteiger partial charge on any atom is -0.367 e. The standard InChI is InChI=1S/C34H50O/c1-7-13-21-27-33(11-5,31(9-3)29-23-17-15-18-24-29)35-34(12-6,28-22-14-8-2)32(10-4)30-25-19-16-20-26-30/h9-10,15-20,23-26,31-32H,3-4,7-8,11-14,21-22,27-28H2,1-2,5-6H3. The van der Waals surface area contributed by atoms with Crippen LogP contribution in [0.15, 0.2) is 86.0 Å². The molecule has 0 aliphatic rings. The van der Waals surface area contributed by atoms with Crippen LogP contribution >= 0.6 is 0 Å². The molecule has 0 fully saturated rings. The zero-order valence-electron chi connectivity index (χ0n) is 23.0. The second kappa shape index (κ2) is 15.1. The summed E-state index contributed by atoms with van der Waals surface area (Å²) in [6.45, 7) is 17.8. The second-order valence-electron chi connectivity index (χ2n) is 10.1. The van der Waals surface area contributed by atoms with E-state index in [0.29, 0.717) is 0 Å². The molecule has 1 nitrogen and oxygen atoms in total. The quantitative estimate of drug-likeness (QED) is 0.154. The average molecular weight is 475 g/mol. The molecule has 0 heterocycles. The predicted octanol–water partition coefficient (Wildman–Crippen LogP) is 10.4. The Labute approximate surface area is 216 Å². The molecule has 1 heteroatoms. The molecule has 0 spiro atoms. The maximum Gasteiger partial charge on any atom is 0.0790 e. The van der Waals surface area contributed by atoms with Gasteiger partial charge in [0.15, 0.2) is 0 Å². The molecule has 0 saturated carbocycles. The molecule has 0 amide bonds. The number of benzene rings is 2. The van der Waals surface area contributed by atoms with Crippen LogP contribution in [0.5, 0.6) is 0 Å². The van der Waals surface area contributed by atoms with Gasteiger partial charge in [-0.2, -0.15) is 0 Å². The van der Waals surface area contributed by atoms with Crippen molar-refractivity contribution in [3.63, 3.8) is 0 Å². The molecule has 192 valence electrons. The fourth-order valence-corrected chi connectivity index (χ4v) is 5.86. The summed E-state index contributed by atoms with van der Waals surface area (Å²) in [5.41, 5.74) is 1.98. The molecule has 0 aliphatic carbocycles.